The number of anilines is 1. The second kappa shape index (κ2) is 4.93. The average molecular weight is 271 g/mol. The fraction of sp³-hybridized carbons (Fsp3) is 0.200. The van der Waals surface area contributed by atoms with Crippen molar-refractivity contribution in [2.45, 2.75) is 6.92 Å². The monoisotopic (exact) mass is 270 g/mol. The Bertz CT molecular complexity index is 404. The van der Waals surface area contributed by atoms with Crippen molar-refractivity contribution in [3.8, 4) is 0 Å². The van der Waals surface area contributed by atoms with Crippen LogP contribution in [0.25, 0.3) is 0 Å². The second-order valence-corrected chi connectivity index (χ2v) is 4.15. The van der Waals surface area contributed by atoms with E-state index in [-0.39, 0.29) is 5.56 Å². The second-order valence-electron chi connectivity index (χ2n) is 3.02. The molecule has 0 unspecified atom stereocenters. The minimum Gasteiger partial charge on any atom is -0.478 e. The van der Waals surface area contributed by atoms with Crippen molar-refractivity contribution >= 4 is 27.7 Å². The highest BCUT2D eigenvalue weighted by Gasteiger charge is 2.10. The summed E-state index contributed by atoms with van der Waals surface area (Å²) < 4.78 is 0.738. The predicted molar refractivity (Wildman–Crippen MR) is 62.5 cm³/mol. The van der Waals surface area contributed by atoms with Gasteiger partial charge in [-0.3, -0.25) is 0 Å². The molecule has 0 aliphatic carbocycles. The molecule has 5 heteroatoms. The lowest BCUT2D eigenvalue weighted by atomic mass is 10.2. The van der Waals surface area contributed by atoms with Crippen molar-refractivity contribution in [2.75, 3.05) is 11.9 Å². The number of aromatic nitrogens is 1. The number of carbonyl (C=O) groups is 1. The van der Waals surface area contributed by atoms with Gasteiger partial charge in [0.2, 0.25) is 0 Å². The number of hydrogen-bond donors (Lipinski definition) is 2. The SMILES string of the molecule is C=C(Br)CNc1nc(C)ccc1C(=O)O. The Balaban J connectivity index is 2.96. The number of halogens is 1. The maximum atomic E-state index is 10.9. The molecule has 1 heterocycles. The zero-order chi connectivity index (χ0) is 11.4. The first-order valence-electron chi connectivity index (χ1n) is 4.29. The van der Waals surface area contributed by atoms with Crippen LogP contribution >= 0.6 is 15.9 Å². The Morgan fingerprint density at radius 2 is 2.33 bits per heavy atom. The van der Waals surface area contributed by atoms with Crippen molar-refractivity contribution < 1.29 is 9.90 Å². The Hall–Kier alpha value is -1.36. The van der Waals surface area contributed by atoms with Crippen LogP contribution in [0.15, 0.2) is 23.2 Å². The predicted octanol–water partition coefficient (Wildman–Crippen LogP) is 2.41. The van der Waals surface area contributed by atoms with E-state index in [0.29, 0.717) is 12.4 Å². The Labute approximate surface area is 96.2 Å². The summed E-state index contributed by atoms with van der Waals surface area (Å²) in [5.41, 5.74) is 0.928. The molecule has 80 valence electrons. The Kier molecular flexibility index (Phi) is 3.85. The summed E-state index contributed by atoms with van der Waals surface area (Å²) in [5, 5.41) is 11.8. The van der Waals surface area contributed by atoms with Gasteiger partial charge >= 0.3 is 5.97 Å². The fourth-order valence-corrected chi connectivity index (χ4v) is 1.18. The zero-order valence-corrected chi connectivity index (χ0v) is 9.84. The van der Waals surface area contributed by atoms with Gasteiger partial charge < -0.3 is 10.4 Å². The first-order chi connectivity index (χ1) is 7.00. The van der Waals surface area contributed by atoms with E-state index in [9.17, 15) is 4.79 Å². The lowest BCUT2D eigenvalue weighted by molar-refractivity contribution is 0.0697. The zero-order valence-electron chi connectivity index (χ0n) is 8.25. The van der Waals surface area contributed by atoms with E-state index in [2.05, 4.69) is 32.8 Å². The van der Waals surface area contributed by atoms with E-state index in [1.165, 1.54) is 6.07 Å². The van der Waals surface area contributed by atoms with Crippen LogP contribution in [0.3, 0.4) is 0 Å². The molecule has 0 bridgehead atoms. The van der Waals surface area contributed by atoms with E-state index in [1.807, 2.05) is 0 Å². The van der Waals surface area contributed by atoms with Gasteiger partial charge in [-0.2, -0.15) is 0 Å². The van der Waals surface area contributed by atoms with Crippen molar-refractivity contribution in [1.29, 1.82) is 0 Å². The van der Waals surface area contributed by atoms with Gasteiger partial charge in [-0.15, -0.1) is 0 Å². The van der Waals surface area contributed by atoms with Crippen LogP contribution in [0, 0.1) is 6.92 Å². The number of aromatic carboxylic acids is 1. The fourth-order valence-electron chi connectivity index (χ4n) is 1.04. The van der Waals surface area contributed by atoms with E-state index in [1.54, 1.807) is 13.0 Å². The molecule has 1 aromatic rings. The quantitative estimate of drug-likeness (QED) is 0.882. The van der Waals surface area contributed by atoms with Gasteiger partial charge in [0.1, 0.15) is 11.4 Å². The van der Waals surface area contributed by atoms with Crippen LogP contribution < -0.4 is 5.32 Å². The maximum absolute atomic E-state index is 10.9. The minimum atomic E-state index is -0.995. The lowest BCUT2D eigenvalue weighted by Gasteiger charge is -2.08. The number of hydrogen-bond acceptors (Lipinski definition) is 3. The van der Waals surface area contributed by atoms with Crippen LogP contribution in [0.4, 0.5) is 5.82 Å². The number of aryl methyl sites for hydroxylation is 1. The Morgan fingerprint density at radius 3 is 2.87 bits per heavy atom. The van der Waals surface area contributed by atoms with E-state index in [0.717, 1.165) is 10.2 Å². The first-order valence-corrected chi connectivity index (χ1v) is 5.08. The molecule has 0 saturated heterocycles. The van der Waals surface area contributed by atoms with E-state index in [4.69, 9.17) is 5.11 Å². The van der Waals surface area contributed by atoms with Crippen molar-refractivity contribution in [1.82, 2.24) is 4.98 Å². The summed E-state index contributed by atoms with van der Waals surface area (Å²) in [5.74, 6) is -0.631. The third kappa shape index (κ3) is 3.36. The summed E-state index contributed by atoms with van der Waals surface area (Å²) in [7, 11) is 0. The molecular formula is C10H11BrN2O2. The first kappa shape index (κ1) is 11.7. The molecule has 1 aromatic heterocycles. The summed E-state index contributed by atoms with van der Waals surface area (Å²) in [6, 6.07) is 3.20. The van der Waals surface area contributed by atoms with E-state index < -0.39 is 5.97 Å². The topological polar surface area (TPSA) is 62.2 Å². The molecular weight excluding hydrogens is 260 g/mol. The van der Waals surface area contributed by atoms with E-state index >= 15 is 0 Å². The van der Waals surface area contributed by atoms with Crippen LogP contribution in [0.2, 0.25) is 0 Å². The summed E-state index contributed by atoms with van der Waals surface area (Å²) in [6.07, 6.45) is 0. The molecule has 0 aliphatic rings. The molecule has 4 nitrogen and oxygen atoms in total. The highest BCUT2D eigenvalue weighted by molar-refractivity contribution is 9.11. The van der Waals surface area contributed by atoms with Gasteiger partial charge in [0, 0.05) is 16.7 Å². The van der Waals surface area contributed by atoms with Gasteiger partial charge in [-0.25, -0.2) is 9.78 Å². The van der Waals surface area contributed by atoms with Gasteiger partial charge in [-0.1, -0.05) is 22.5 Å². The third-order valence-electron chi connectivity index (χ3n) is 1.71. The largest absolute Gasteiger partial charge is 0.478 e. The number of nitrogens with zero attached hydrogens (tertiary/aromatic N) is 1. The average Bonchev–Trinajstić information content (AvgIpc) is 2.14. The summed E-state index contributed by atoms with van der Waals surface area (Å²) >= 11 is 3.18. The molecule has 0 aliphatic heterocycles. The smallest absolute Gasteiger partial charge is 0.339 e. The molecule has 0 amide bonds. The summed E-state index contributed by atoms with van der Waals surface area (Å²) in [4.78, 5) is 15.0. The summed E-state index contributed by atoms with van der Waals surface area (Å²) in [6.45, 7) is 5.89. The molecule has 1 rings (SSSR count). The number of nitrogens with one attached hydrogen (secondary N) is 1. The van der Waals surface area contributed by atoms with Crippen LogP contribution in [0.5, 0.6) is 0 Å². The van der Waals surface area contributed by atoms with Gasteiger partial charge in [0.05, 0.1) is 0 Å². The van der Waals surface area contributed by atoms with Gasteiger partial charge in [0.15, 0.2) is 0 Å². The van der Waals surface area contributed by atoms with Crippen molar-refractivity contribution in [3.05, 3.63) is 34.5 Å². The Morgan fingerprint density at radius 1 is 1.67 bits per heavy atom. The molecule has 0 atom stereocenters. The highest BCUT2D eigenvalue weighted by Crippen LogP contribution is 2.14. The minimum absolute atomic E-state index is 0.161. The molecule has 0 radical (unpaired) electrons. The normalized spacial score (nSPS) is 9.73. The van der Waals surface area contributed by atoms with Crippen LogP contribution in [-0.4, -0.2) is 22.6 Å². The van der Waals surface area contributed by atoms with Crippen molar-refractivity contribution in [2.24, 2.45) is 0 Å². The van der Waals surface area contributed by atoms with Gasteiger partial charge in [0.25, 0.3) is 0 Å². The number of rotatable bonds is 4. The number of carboxylic acids is 1. The standard InChI is InChI=1S/C10H11BrN2O2/c1-6(11)5-12-9-8(10(14)15)4-3-7(2)13-9/h3-4H,1,5H2,2H3,(H,12,13)(H,14,15). The van der Waals surface area contributed by atoms with Gasteiger partial charge in [-0.05, 0) is 19.1 Å². The molecule has 0 saturated carbocycles. The number of carboxylic acid groups (broad SMARTS) is 1. The lowest BCUT2D eigenvalue weighted by Crippen LogP contribution is -2.09. The molecule has 15 heavy (non-hydrogen) atoms. The molecule has 2 N–H and O–H groups in total. The number of pyridine rings is 1. The van der Waals surface area contributed by atoms with Crippen LogP contribution in [0.1, 0.15) is 16.1 Å². The maximum Gasteiger partial charge on any atom is 0.339 e. The third-order valence-corrected chi connectivity index (χ3v) is 1.99. The molecule has 0 fully saturated rings. The molecule has 0 aromatic carbocycles. The van der Waals surface area contributed by atoms with Crippen LogP contribution in [-0.2, 0) is 0 Å². The van der Waals surface area contributed by atoms with Crippen molar-refractivity contribution in [3.63, 3.8) is 0 Å². The highest BCUT2D eigenvalue weighted by atomic mass is 79.9. The molecule has 0 spiro atoms.